The molecule has 1 atom stereocenters. The van der Waals surface area contributed by atoms with Gasteiger partial charge in [-0.1, -0.05) is 37.2 Å². The van der Waals surface area contributed by atoms with Crippen molar-refractivity contribution >= 4 is 22.5 Å². The molecule has 0 aliphatic heterocycles. The van der Waals surface area contributed by atoms with Gasteiger partial charge < -0.3 is 15.5 Å². The molecule has 0 saturated carbocycles. The Bertz CT molecular complexity index is 755. The Morgan fingerprint density at radius 3 is 2.83 bits per heavy atom. The molecule has 6 heteroatoms. The first kappa shape index (κ1) is 16.6. The Balaban J connectivity index is 2.37. The minimum Gasteiger partial charge on any atom is -0.410 e. The fourth-order valence-electron chi connectivity index (χ4n) is 2.74. The molecule has 0 aliphatic rings. The lowest BCUT2D eigenvalue weighted by Gasteiger charge is -2.21. The van der Waals surface area contributed by atoms with Crippen molar-refractivity contribution in [3.63, 3.8) is 0 Å². The number of rotatable bonds is 6. The van der Waals surface area contributed by atoms with Gasteiger partial charge in [0.15, 0.2) is 5.71 Å². The number of nitrogens with one attached hydrogen (secondary N) is 2. The Morgan fingerprint density at radius 1 is 1.43 bits per heavy atom. The summed E-state index contributed by atoms with van der Waals surface area (Å²) in [5.74, 6) is -0.744. The lowest BCUT2D eigenvalue weighted by molar-refractivity contribution is -0.115. The van der Waals surface area contributed by atoms with E-state index in [1.54, 1.807) is 0 Å². The molecule has 1 aromatic carbocycles. The monoisotopic (exact) mass is 312 g/mol. The molecule has 2 aromatic rings. The van der Waals surface area contributed by atoms with E-state index in [0.717, 1.165) is 16.5 Å². The number of H-pyrrole nitrogens is 1. The zero-order chi connectivity index (χ0) is 16.8. The van der Waals surface area contributed by atoms with E-state index in [9.17, 15) is 10.0 Å². The van der Waals surface area contributed by atoms with Gasteiger partial charge in [0, 0.05) is 29.6 Å². The minimum atomic E-state index is -0.452. The zero-order valence-electron chi connectivity index (χ0n) is 13.2. The van der Waals surface area contributed by atoms with Crippen molar-refractivity contribution in [2.75, 3.05) is 6.54 Å². The summed E-state index contributed by atoms with van der Waals surface area (Å²) in [6.45, 7) is 4.17. The summed E-state index contributed by atoms with van der Waals surface area (Å²) in [7, 11) is 0. The van der Waals surface area contributed by atoms with Gasteiger partial charge in [0.05, 0.1) is 12.5 Å². The van der Waals surface area contributed by atoms with Gasteiger partial charge in [-0.25, -0.2) is 0 Å². The van der Waals surface area contributed by atoms with Crippen molar-refractivity contribution in [1.29, 1.82) is 5.26 Å². The maximum atomic E-state index is 12.3. The van der Waals surface area contributed by atoms with E-state index >= 15 is 0 Å². The zero-order valence-corrected chi connectivity index (χ0v) is 13.2. The van der Waals surface area contributed by atoms with Crippen molar-refractivity contribution in [2.24, 2.45) is 11.1 Å². The van der Waals surface area contributed by atoms with E-state index in [4.69, 9.17) is 5.26 Å². The Labute approximate surface area is 134 Å². The number of para-hydroxylation sites is 1. The average molecular weight is 312 g/mol. The first-order valence-electron chi connectivity index (χ1n) is 7.53. The van der Waals surface area contributed by atoms with Crippen LogP contribution in [0, 0.1) is 17.2 Å². The standard InChI is InChI=1S/C17H20N4O2/c1-11(2)15(16(21-23)17(22)19-9-5-8-18)13-10-20-14-7-4-3-6-12(13)14/h3-4,6-7,10-11,15,20,23H,5,9H2,1-2H3,(H,19,22). The Morgan fingerprint density at radius 2 is 2.17 bits per heavy atom. The third-order valence-corrected chi connectivity index (χ3v) is 3.78. The summed E-state index contributed by atoms with van der Waals surface area (Å²) in [6, 6.07) is 9.75. The van der Waals surface area contributed by atoms with E-state index in [1.807, 2.05) is 50.4 Å². The van der Waals surface area contributed by atoms with Crippen molar-refractivity contribution in [1.82, 2.24) is 10.3 Å². The highest BCUT2D eigenvalue weighted by molar-refractivity contribution is 6.41. The minimum absolute atomic E-state index is 0.0572. The molecule has 2 rings (SSSR count). The van der Waals surface area contributed by atoms with Crippen LogP contribution in [-0.4, -0.2) is 28.4 Å². The smallest absolute Gasteiger partial charge is 0.269 e. The molecule has 3 N–H and O–H groups in total. The van der Waals surface area contributed by atoms with Gasteiger partial charge in [-0.05, 0) is 17.5 Å². The summed E-state index contributed by atoms with van der Waals surface area (Å²) in [5, 5.41) is 24.8. The maximum absolute atomic E-state index is 12.3. The van der Waals surface area contributed by atoms with Crippen LogP contribution in [0.15, 0.2) is 35.6 Å². The second-order valence-electron chi connectivity index (χ2n) is 5.66. The molecule has 6 nitrogen and oxygen atoms in total. The number of hydrogen-bond donors (Lipinski definition) is 3. The summed E-state index contributed by atoms with van der Waals surface area (Å²) in [5.41, 5.74) is 1.94. The van der Waals surface area contributed by atoms with E-state index in [0.29, 0.717) is 0 Å². The van der Waals surface area contributed by atoms with Crippen molar-refractivity contribution in [3.8, 4) is 6.07 Å². The lowest BCUT2D eigenvalue weighted by atomic mass is 9.84. The number of aromatic amines is 1. The van der Waals surface area contributed by atoms with Crippen LogP contribution < -0.4 is 5.32 Å². The van der Waals surface area contributed by atoms with Crippen LogP contribution in [0.5, 0.6) is 0 Å². The maximum Gasteiger partial charge on any atom is 0.269 e. The first-order chi connectivity index (χ1) is 11.1. The molecule has 0 bridgehead atoms. The molecule has 0 spiro atoms. The number of amides is 1. The van der Waals surface area contributed by atoms with E-state index in [-0.39, 0.29) is 30.5 Å². The number of nitriles is 1. The predicted octanol–water partition coefficient (Wildman–Crippen LogP) is 2.77. The summed E-state index contributed by atoms with van der Waals surface area (Å²) >= 11 is 0. The van der Waals surface area contributed by atoms with E-state index in [2.05, 4.69) is 15.5 Å². The number of nitrogens with zero attached hydrogens (tertiary/aromatic N) is 2. The van der Waals surface area contributed by atoms with Gasteiger partial charge in [-0.15, -0.1) is 0 Å². The van der Waals surface area contributed by atoms with Crippen molar-refractivity contribution in [3.05, 3.63) is 36.0 Å². The number of oxime groups is 1. The lowest BCUT2D eigenvalue weighted by Crippen LogP contribution is -2.36. The van der Waals surface area contributed by atoms with Crippen molar-refractivity contribution in [2.45, 2.75) is 26.2 Å². The largest absolute Gasteiger partial charge is 0.410 e. The highest BCUT2D eigenvalue weighted by atomic mass is 16.4. The number of carbonyl (C=O) groups is 1. The van der Waals surface area contributed by atoms with Crippen LogP contribution in [0.3, 0.4) is 0 Å². The molecule has 0 aliphatic carbocycles. The molecule has 1 heterocycles. The normalized spacial score (nSPS) is 13.0. The summed E-state index contributed by atoms with van der Waals surface area (Å²) in [4.78, 5) is 15.5. The molecule has 0 saturated heterocycles. The highest BCUT2D eigenvalue weighted by Crippen LogP contribution is 2.32. The number of aromatic nitrogens is 1. The summed E-state index contributed by atoms with van der Waals surface area (Å²) in [6.07, 6.45) is 2.06. The predicted molar refractivity (Wildman–Crippen MR) is 88.3 cm³/mol. The van der Waals surface area contributed by atoms with Crippen LogP contribution in [-0.2, 0) is 4.79 Å². The molecule has 1 amide bonds. The van der Waals surface area contributed by atoms with Gasteiger partial charge in [0.1, 0.15) is 0 Å². The second kappa shape index (κ2) is 7.45. The summed E-state index contributed by atoms with van der Waals surface area (Å²) < 4.78 is 0. The third kappa shape index (κ3) is 3.51. The first-order valence-corrected chi connectivity index (χ1v) is 7.53. The Hall–Kier alpha value is -2.81. The van der Waals surface area contributed by atoms with Crippen LogP contribution in [0.1, 0.15) is 31.7 Å². The molecular formula is C17H20N4O2. The average Bonchev–Trinajstić information content (AvgIpc) is 2.95. The topological polar surface area (TPSA) is 101 Å². The SMILES string of the molecule is CC(C)C(C(=NO)C(=O)NCCC#N)c1c[nH]c2ccccc12. The van der Waals surface area contributed by atoms with Gasteiger partial charge >= 0.3 is 0 Å². The fourth-order valence-corrected chi connectivity index (χ4v) is 2.74. The molecule has 0 radical (unpaired) electrons. The van der Waals surface area contributed by atoms with E-state index < -0.39 is 5.91 Å². The molecule has 1 aromatic heterocycles. The number of fused-ring (bicyclic) bond motifs is 1. The Kier molecular flexibility index (Phi) is 5.36. The molecule has 23 heavy (non-hydrogen) atoms. The molecule has 1 unspecified atom stereocenters. The number of carbonyl (C=O) groups excluding carboxylic acids is 1. The number of benzene rings is 1. The van der Waals surface area contributed by atoms with Crippen molar-refractivity contribution < 1.29 is 10.0 Å². The van der Waals surface area contributed by atoms with Crippen LogP contribution >= 0.6 is 0 Å². The third-order valence-electron chi connectivity index (χ3n) is 3.78. The fraction of sp³-hybridized carbons (Fsp3) is 0.353. The quantitative estimate of drug-likeness (QED) is 0.331. The highest BCUT2D eigenvalue weighted by Gasteiger charge is 2.30. The molecule has 0 fully saturated rings. The van der Waals surface area contributed by atoms with Gasteiger partial charge in [-0.2, -0.15) is 5.26 Å². The van der Waals surface area contributed by atoms with Crippen LogP contribution in [0.25, 0.3) is 10.9 Å². The van der Waals surface area contributed by atoms with Crippen LogP contribution in [0.4, 0.5) is 0 Å². The second-order valence-corrected chi connectivity index (χ2v) is 5.66. The van der Waals surface area contributed by atoms with Gasteiger partial charge in [0.2, 0.25) is 0 Å². The van der Waals surface area contributed by atoms with E-state index in [1.165, 1.54) is 0 Å². The van der Waals surface area contributed by atoms with Gasteiger partial charge in [-0.3, -0.25) is 4.79 Å². The number of hydrogen-bond acceptors (Lipinski definition) is 4. The molecular weight excluding hydrogens is 292 g/mol. The van der Waals surface area contributed by atoms with Gasteiger partial charge in [0.25, 0.3) is 5.91 Å². The molecule has 120 valence electrons. The van der Waals surface area contributed by atoms with Crippen LogP contribution in [0.2, 0.25) is 0 Å².